The van der Waals surface area contributed by atoms with Crippen LogP contribution in [0.2, 0.25) is 0 Å². The molecular formula is C28H27NO5. The molecule has 0 atom stereocenters. The van der Waals surface area contributed by atoms with Gasteiger partial charge in [0.05, 0.1) is 0 Å². The number of carbonyl (C=O) groups excluding carboxylic acids is 1. The molecule has 0 amide bonds. The maximum absolute atomic E-state index is 13.4. The number of nitrogens with one attached hydrogen (secondary N) is 1. The Hall–Kier alpha value is -4.24. The van der Waals surface area contributed by atoms with E-state index in [1.807, 2.05) is 30.3 Å². The summed E-state index contributed by atoms with van der Waals surface area (Å²) in [5.74, 6) is 2.59. The molecule has 0 aliphatic heterocycles. The van der Waals surface area contributed by atoms with Crippen molar-refractivity contribution in [2.24, 2.45) is 0 Å². The lowest BCUT2D eigenvalue weighted by Crippen LogP contribution is -2.10. The third-order valence-electron chi connectivity index (χ3n) is 5.14. The van der Waals surface area contributed by atoms with Crippen LogP contribution in [0.15, 0.2) is 66.7 Å². The normalized spacial score (nSPS) is 10.4. The van der Waals surface area contributed by atoms with Crippen molar-refractivity contribution in [1.82, 2.24) is 0 Å². The average Bonchev–Trinajstić information content (AvgIpc) is 2.85. The fraction of sp³-hybridized carbons (Fsp3) is 0.214. The van der Waals surface area contributed by atoms with E-state index in [0.29, 0.717) is 40.8 Å². The number of carbonyl (C=O) groups is 2. The minimum absolute atomic E-state index is 0.104. The maximum Gasteiger partial charge on any atom is 0.341 e. The minimum atomic E-state index is -1.04. The molecule has 0 fully saturated rings. The number of ether oxygens (including phenoxy) is 2. The van der Waals surface area contributed by atoms with E-state index in [4.69, 9.17) is 21.0 Å². The monoisotopic (exact) mass is 457 g/mol. The molecule has 0 aliphatic rings. The molecular weight excluding hydrogens is 430 g/mol. The van der Waals surface area contributed by atoms with Gasteiger partial charge in [-0.05, 0) is 47.4 Å². The Kier molecular flexibility index (Phi) is 8.31. The molecule has 0 unspecified atom stereocenters. The number of rotatable bonds is 11. The number of hydrogen-bond donors (Lipinski definition) is 2. The van der Waals surface area contributed by atoms with E-state index in [1.54, 1.807) is 36.4 Å². The second-order valence-electron chi connectivity index (χ2n) is 7.99. The zero-order chi connectivity index (χ0) is 24.5. The molecule has 174 valence electrons. The highest BCUT2D eigenvalue weighted by atomic mass is 16.5. The second-order valence-corrected chi connectivity index (χ2v) is 7.99. The van der Waals surface area contributed by atoms with Crippen molar-refractivity contribution in [2.75, 3.05) is 18.5 Å². The van der Waals surface area contributed by atoms with Crippen molar-refractivity contribution in [3.8, 4) is 23.8 Å². The maximum atomic E-state index is 13.4. The number of aliphatic carboxylic acids is 1. The standard InChI is InChI=1S/C28H27NO5/c1-4-14-33-24-12-13-26(29-17-20-6-5-7-23(15-20)34-18-27(30)31)25(16-24)28(32)22-10-8-21(9-11-22)19(2)3/h1,5-13,15-16,19,29H,14,17-18H2,2-3H3,(H,30,31). The smallest absolute Gasteiger partial charge is 0.341 e. The lowest BCUT2D eigenvalue weighted by Gasteiger charge is -2.15. The molecule has 3 rings (SSSR count). The van der Waals surface area contributed by atoms with E-state index in [1.165, 1.54) is 0 Å². The first kappa shape index (κ1) is 24.4. The summed E-state index contributed by atoms with van der Waals surface area (Å²) in [4.78, 5) is 24.1. The SMILES string of the molecule is C#CCOc1ccc(NCc2cccc(OCC(=O)O)c2)c(C(=O)c2ccc(C(C)C)cc2)c1. The summed E-state index contributed by atoms with van der Waals surface area (Å²) >= 11 is 0. The number of terminal acetylenes is 1. The molecule has 0 saturated carbocycles. The molecule has 6 heteroatoms. The van der Waals surface area contributed by atoms with Gasteiger partial charge >= 0.3 is 5.97 Å². The second kappa shape index (κ2) is 11.6. The van der Waals surface area contributed by atoms with E-state index in [0.717, 1.165) is 11.1 Å². The first-order valence-corrected chi connectivity index (χ1v) is 10.9. The Bertz CT molecular complexity index is 1190. The number of carboxylic acids is 1. The lowest BCUT2D eigenvalue weighted by atomic mass is 9.97. The van der Waals surface area contributed by atoms with Gasteiger partial charge in [-0.15, -0.1) is 6.42 Å². The Morgan fingerprint density at radius 2 is 1.74 bits per heavy atom. The quantitative estimate of drug-likeness (QED) is 0.307. The fourth-order valence-corrected chi connectivity index (χ4v) is 3.34. The molecule has 34 heavy (non-hydrogen) atoms. The third-order valence-corrected chi connectivity index (χ3v) is 5.14. The van der Waals surface area contributed by atoms with Gasteiger partial charge in [0.15, 0.2) is 12.4 Å². The third kappa shape index (κ3) is 6.63. The number of ketones is 1. The van der Waals surface area contributed by atoms with Crippen LogP contribution in [-0.2, 0) is 11.3 Å². The minimum Gasteiger partial charge on any atom is -0.482 e. The molecule has 0 spiro atoms. The van der Waals surface area contributed by atoms with Gasteiger partial charge in [-0.2, -0.15) is 0 Å². The Labute approximate surface area is 199 Å². The van der Waals surface area contributed by atoms with E-state index in [2.05, 4.69) is 25.1 Å². The van der Waals surface area contributed by atoms with Crippen LogP contribution in [0, 0.1) is 12.3 Å². The van der Waals surface area contributed by atoms with Crippen LogP contribution in [0.1, 0.15) is 46.8 Å². The number of benzene rings is 3. The summed E-state index contributed by atoms with van der Waals surface area (Å²) in [5.41, 5.74) is 3.71. The molecule has 3 aromatic rings. The van der Waals surface area contributed by atoms with Crippen molar-refractivity contribution in [3.05, 3.63) is 89.0 Å². The Morgan fingerprint density at radius 1 is 1.00 bits per heavy atom. The van der Waals surface area contributed by atoms with Gasteiger partial charge in [0, 0.05) is 23.4 Å². The Morgan fingerprint density at radius 3 is 2.41 bits per heavy atom. The molecule has 0 bridgehead atoms. The first-order valence-electron chi connectivity index (χ1n) is 10.9. The summed E-state index contributed by atoms with van der Waals surface area (Å²) in [5, 5.41) is 12.1. The summed E-state index contributed by atoms with van der Waals surface area (Å²) < 4.78 is 10.8. The number of hydrogen-bond acceptors (Lipinski definition) is 5. The van der Waals surface area contributed by atoms with Crippen LogP contribution >= 0.6 is 0 Å². The lowest BCUT2D eigenvalue weighted by molar-refractivity contribution is -0.139. The summed E-state index contributed by atoms with van der Waals surface area (Å²) in [7, 11) is 0. The highest BCUT2D eigenvalue weighted by Gasteiger charge is 2.16. The van der Waals surface area contributed by atoms with Crippen LogP contribution in [0.3, 0.4) is 0 Å². The molecule has 0 heterocycles. The number of anilines is 1. The van der Waals surface area contributed by atoms with Crippen molar-refractivity contribution in [2.45, 2.75) is 26.3 Å². The molecule has 0 radical (unpaired) electrons. The van der Waals surface area contributed by atoms with Crippen molar-refractivity contribution < 1.29 is 24.2 Å². The van der Waals surface area contributed by atoms with E-state index < -0.39 is 12.6 Å². The van der Waals surface area contributed by atoms with Gasteiger partial charge in [0.1, 0.15) is 18.1 Å². The van der Waals surface area contributed by atoms with E-state index >= 15 is 0 Å². The zero-order valence-electron chi connectivity index (χ0n) is 19.2. The van der Waals surface area contributed by atoms with E-state index in [9.17, 15) is 9.59 Å². The molecule has 3 aromatic carbocycles. The van der Waals surface area contributed by atoms with Crippen molar-refractivity contribution >= 4 is 17.4 Å². The topological polar surface area (TPSA) is 84.9 Å². The van der Waals surface area contributed by atoms with Crippen molar-refractivity contribution in [3.63, 3.8) is 0 Å². The highest BCUT2D eigenvalue weighted by Crippen LogP contribution is 2.27. The summed E-state index contributed by atoms with van der Waals surface area (Å²) in [6.07, 6.45) is 5.30. The summed E-state index contributed by atoms with van der Waals surface area (Å²) in [6.45, 7) is 4.30. The molecule has 0 saturated heterocycles. The van der Waals surface area contributed by atoms with Crippen LogP contribution < -0.4 is 14.8 Å². The van der Waals surface area contributed by atoms with Crippen LogP contribution in [0.5, 0.6) is 11.5 Å². The predicted octanol–water partition coefficient (Wildman–Crippen LogP) is 5.13. The number of carboxylic acid groups (broad SMARTS) is 1. The van der Waals surface area contributed by atoms with E-state index in [-0.39, 0.29) is 12.4 Å². The van der Waals surface area contributed by atoms with Gasteiger partial charge < -0.3 is 19.9 Å². The van der Waals surface area contributed by atoms with Gasteiger partial charge in [-0.3, -0.25) is 4.79 Å². The highest BCUT2D eigenvalue weighted by molar-refractivity contribution is 6.12. The van der Waals surface area contributed by atoms with Gasteiger partial charge in [-0.1, -0.05) is 56.2 Å². The average molecular weight is 458 g/mol. The van der Waals surface area contributed by atoms with Crippen LogP contribution in [0.25, 0.3) is 0 Å². The largest absolute Gasteiger partial charge is 0.482 e. The fourth-order valence-electron chi connectivity index (χ4n) is 3.34. The van der Waals surface area contributed by atoms with Crippen LogP contribution in [-0.4, -0.2) is 30.1 Å². The van der Waals surface area contributed by atoms with Crippen LogP contribution in [0.4, 0.5) is 5.69 Å². The summed E-state index contributed by atoms with van der Waals surface area (Å²) in [6, 6.07) is 19.9. The molecule has 0 aliphatic carbocycles. The van der Waals surface area contributed by atoms with Crippen molar-refractivity contribution in [1.29, 1.82) is 0 Å². The first-order chi connectivity index (χ1) is 16.4. The van der Waals surface area contributed by atoms with Gasteiger partial charge in [-0.25, -0.2) is 4.79 Å². The zero-order valence-corrected chi connectivity index (χ0v) is 19.2. The molecule has 6 nitrogen and oxygen atoms in total. The molecule has 0 aromatic heterocycles. The Balaban J connectivity index is 1.84. The van der Waals surface area contributed by atoms with Gasteiger partial charge in [0.2, 0.25) is 0 Å². The predicted molar refractivity (Wildman–Crippen MR) is 132 cm³/mol. The molecule has 2 N–H and O–H groups in total. The van der Waals surface area contributed by atoms with Gasteiger partial charge in [0.25, 0.3) is 0 Å².